The second-order valence-corrected chi connectivity index (χ2v) is 10.6. The van der Waals surface area contributed by atoms with Gasteiger partial charge in [-0.1, -0.05) is 48.5 Å². The van der Waals surface area contributed by atoms with Crippen molar-refractivity contribution in [2.75, 3.05) is 13.2 Å². The van der Waals surface area contributed by atoms with Crippen LogP contribution < -0.4 is 5.32 Å². The summed E-state index contributed by atoms with van der Waals surface area (Å²) in [6, 6.07) is 16.2. The first-order valence-electron chi connectivity index (χ1n) is 12.6. The number of hydrogen-bond donors (Lipinski definition) is 2. The molecule has 2 N–H and O–H groups in total. The molecule has 7 heteroatoms. The third kappa shape index (κ3) is 3.77. The fraction of sp³-hybridized carbons (Fsp3) is 0.464. The lowest BCUT2D eigenvalue weighted by atomic mass is 9.98. The van der Waals surface area contributed by atoms with E-state index in [9.17, 15) is 19.5 Å². The number of nitrogens with one attached hydrogen (secondary N) is 1. The minimum atomic E-state index is -0.860. The maximum Gasteiger partial charge on any atom is 0.407 e. The van der Waals surface area contributed by atoms with Crippen molar-refractivity contribution in [2.45, 2.75) is 56.5 Å². The van der Waals surface area contributed by atoms with Gasteiger partial charge in [0.25, 0.3) is 0 Å². The van der Waals surface area contributed by atoms with Crippen molar-refractivity contribution < 1.29 is 24.2 Å². The largest absolute Gasteiger partial charge is 0.481 e. The first-order valence-corrected chi connectivity index (χ1v) is 12.6. The van der Waals surface area contributed by atoms with E-state index in [1.165, 1.54) is 22.3 Å². The van der Waals surface area contributed by atoms with Crippen LogP contribution in [0.3, 0.4) is 0 Å². The highest BCUT2D eigenvalue weighted by Gasteiger charge is 2.66. The highest BCUT2D eigenvalue weighted by molar-refractivity contribution is 5.88. The van der Waals surface area contributed by atoms with Crippen LogP contribution in [-0.4, -0.2) is 53.2 Å². The summed E-state index contributed by atoms with van der Waals surface area (Å²) < 4.78 is 5.70. The van der Waals surface area contributed by atoms with Gasteiger partial charge in [0.05, 0.1) is 11.8 Å². The molecule has 2 aromatic rings. The summed E-state index contributed by atoms with van der Waals surface area (Å²) in [7, 11) is 0. The molecule has 35 heavy (non-hydrogen) atoms. The van der Waals surface area contributed by atoms with Crippen molar-refractivity contribution in [3.05, 3.63) is 59.7 Å². The number of carbonyl (C=O) groups excluding carboxylic acids is 2. The molecule has 4 aliphatic rings. The lowest BCUT2D eigenvalue weighted by Gasteiger charge is -2.28. The average Bonchev–Trinajstić information content (AvgIpc) is 3.16. The highest BCUT2D eigenvalue weighted by atomic mass is 16.5. The SMILES string of the molecule is O=C(O)CC1CCCN1C(=O)[C@]12C[C@H](NC(=O)OCC3c4ccccc4-c4ccccc43)C[C@H]1C2. The van der Waals surface area contributed by atoms with Crippen LogP contribution in [0.4, 0.5) is 4.79 Å². The Hall–Kier alpha value is -3.35. The molecule has 0 bridgehead atoms. The number of ether oxygens (including phenoxy) is 1. The molecule has 7 nitrogen and oxygen atoms in total. The van der Waals surface area contributed by atoms with E-state index in [4.69, 9.17) is 4.74 Å². The molecule has 0 radical (unpaired) electrons. The van der Waals surface area contributed by atoms with Crippen molar-refractivity contribution in [3.8, 4) is 11.1 Å². The van der Waals surface area contributed by atoms with Crippen molar-refractivity contribution in [3.63, 3.8) is 0 Å². The number of alkyl carbamates (subject to hydrolysis) is 1. The van der Waals surface area contributed by atoms with Crippen molar-refractivity contribution >= 4 is 18.0 Å². The number of aliphatic carboxylic acids is 1. The van der Waals surface area contributed by atoms with Gasteiger partial charge >= 0.3 is 12.1 Å². The molecule has 2 aromatic carbocycles. The number of fused-ring (bicyclic) bond motifs is 4. The molecule has 1 unspecified atom stereocenters. The number of likely N-dealkylation sites (tertiary alicyclic amines) is 1. The zero-order chi connectivity index (χ0) is 24.2. The van der Waals surface area contributed by atoms with Crippen LogP contribution in [0.1, 0.15) is 55.6 Å². The fourth-order valence-corrected chi connectivity index (χ4v) is 6.87. The first kappa shape index (κ1) is 22.1. The van der Waals surface area contributed by atoms with Gasteiger partial charge in [-0.15, -0.1) is 0 Å². The summed E-state index contributed by atoms with van der Waals surface area (Å²) in [6.07, 6.45) is 3.39. The predicted molar refractivity (Wildman–Crippen MR) is 129 cm³/mol. The number of rotatable bonds is 6. The Balaban J connectivity index is 1.06. The van der Waals surface area contributed by atoms with Gasteiger partial charge in [-0.05, 0) is 60.3 Å². The van der Waals surface area contributed by atoms with E-state index < -0.39 is 17.5 Å². The molecule has 2 amide bonds. The Bertz CT molecular complexity index is 1150. The lowest BCUT2D eigenvalue weighted by Crippen LogP contribution is -2.43. The highest BCUT2D eigenvalue weighted by Crippen LogP contribution is 2.64. The molecular weight excluding hydrogens is 444 g/mol. The van der Waals surface area contributed by atoms with E-state index in [1.807, 2.05) is 24.3 Å². The van der Waals surface area contributed by atoms with Gasteiger partial charge in [0, 0.05) is 24.5 Å². The van der Waals surface area contributed by atoms with Crippen LogP contribution in [0.5, 0.6) is 0 Å². The van der Waals surface area contributed by atoms with E-state index >= 15 is 0 Å². The van der Waals surface area contributed by atoms with Crippen molar-refractivity contribution in [1.29, 1.82) is 0 Å². The van der Waals surface area contributed by atoms with Crippen LogP contribution in [0, 0.1) is 11.3 Å². The Morgan fingerprint density at radius 2 is 1.71 bits per heavy atom. The first-order chi connectivity index (χ1) is 17.0. The molecular formula is C28H30N2O5. The predicted octanol–water partition coefficient (Wildman–Crippen LogP) is 4.16. The topological polar surface area (TPSA) is 95.9 Å². The monoisotopic (exact) mass is 474 g/mol. The summed E-state index contributed by atoms with van der Waals surface area (Å²) in [6.45, 7) is 0.903. The van der Waals surface area contributed by atoms with Crippen LogP contribution >= 0.6 is 0 Å². The molecule has 3 aliphatic carbocycles. The van der Waals surface area contributed by atoms with Gasteiger partial charge < -0.3 is 20.1 Å². The van der Waals surface area contributed by atoms with Crippen LogP contribution in [0.25, 0.3) is 11.1 Å². The third-order valence-corrected chi connectivity index (χ3v) is 8.55. The maximum atomic E-state index is 13.4. The van der Waals surface area contributed by atoms with Crippen LogP contribution in [-0.2, 0) is 14.3 Å². The molecule has 1 aliphatic heterocycles. The molecule has 3 fully saturated rings. The average molecular weight is 475 g/mol. The summed E-state index contributed by atoms with van der Waals surface area (Å²) in [5.74, 6) is -0.497. The number of benzene rings is 2. The minimum Gasteiger partial charge on any atom is -0.481 e. The van der Waals surface area contributed by atoms with E-state index in [2.05, 4.69) is 29.6 Å². The quantitative estimate of drug-likeness (QED) is 0.656. The Labute approximate surface area is 204 Å². The van der Waals surface area contributed by atoms with Crippen molar-refractivity contribution in [1.82, 2.24) is 10.2 Å². The van der Waals surface area contributed by atoms with Crippen LogP contribution in [0.15, 0.2) is 48.5 Å². The molecule has 0 spiro atoms. The van der Waals surface area contributed by atoms with E-state index in [-0.39, 0.29) is 42.9 Å². The van der Waals surface area contributed by atoms with Gasteiger partial charge in [0.1, 0.15) is 6.61 Å². The van der Waals surface area contributed by atoms with Crippen molar-refractivity contribution in [2.24, 2.45) is 11.3 Å². The Morgan fingerprint density at radius 3 is 2.40 bits per heavy atom. The van der Waals surface area contributed by atoms with E-state index in [1.54, 1.807) is 4.90 Å². The van der Waals surface area contributed by atoms with Gasteiger partial charge in [0.2, 0.25) is 5.91 Å². The van der Waals surface area contributed by atoms with E-state index in [0.29, 0.717) is 13.0 Å². The smallest absolute Gasteiger partial charge is 0.407 e. The molecule has 0 aromatic heterocycles. The molecule has 4 atom stereocenters. The van der Waals surface area contributed by atoms with Gasteiger partial charge in [-0.3, -0.25) is 9.59 Å². The molecule has 6 rings (SSSR count). The Morgan fingerprint density at radius 1 is 1.03 bits per heavy atom. The normalized spacial score (nSPS) is 28.2. The molecule has 1 heterocycles. The summed E-state index contributed by atoms with van der Waals surface area (Å²) in [5.41, 5.74) is 4.31. The zero-order valence-corrected chi connectivity index (χ0v) is 19.6. The lowest BCUT2D eigenvalue weighted by molar-refractivity contribution is -0.142. The number of carbonyl (C=O) groups is 3. The third-order valence-electron chi connectivity index (χ3n) is 8.55. The summed E-state index contributed by atoms with van der Waals surface area (Å²) in [4.78, 5) is 39.1. The number of hydrogen-bond acceptors (Lipinski definition) is 4. The van der Waals surface area contributed by atoms with Crippen LogP contribution in [0.2, 0.25) is 0 Å². The maximum absolute atomic E-state index is 13.4. The number of carboxylic acid groups (broad SMARTS) is 1. The minimum absolute atomic E-state index is 0.00785. The second kappa shape index (κ2) is 8.40. The number of nitrogens with zero attached hydrogens (tertiary/aromatic N) is 1. The van der Waals surface area contributed by atoms with Gasteiger partial charge in [-0.2, -0.15) is 0 Å². The summed E-state index contributed by atoms with van der Waals surface area (Å²) >= 11 is 0. The fourth-order valence-electron chi connectivity index (χ4n) is 6.87. The molecule has 1 saturated heterocycles. The number of carboxylic acids is 1. The summed E-state index contributed by atoms with van der Waals surface area (Å²) in [5, 5.41) is 12.2. The Kier molecular flexibility index (Phi) is 5.31. The standard InChI is InChI=1S/C28H30N2O5/c31-25(32)13-19-6-5-11-30(19)26(33)28-14-17(28)12-18(15-28)29-27(34)35-16-24-22-9-3-1-7-20(22)21-8-2-4-10-23(21)24/h1-4,7-10,17-19,24H,5-6,11-16H2,(H,29,34)(H,31,32)/t17-,18+,19?,28+/m0/s1. The van der Waals surface area contributed by atoms with E-state index in [0.717, 1.165) is 25.7 Å². The zero-order valence-electron chi connectivity index (χ0n) is 19.6. The molecule has 2 saturated carbocycles. The second-order valence-electron chi connectivity index (χ2n) is 10.6. The van der Waals surface area contributed by atoms with Gasteiger partial charge in [-0.25, -0.2) is 4.79 Å². The number of amides is 2. The molecule has 182 valence electrons. The van der Waals surface area contributed by atoms with Gasteiger partial charge in [0.15, 0.2) is 0 Å².